The smallest absolute Gasteiger partial charge is 0.0529 e. The quantitative estimate of drug-likeness (QED) is 0.711. The maximum atomic E-state index is 5.72. The van der Waals surface area contributed by atoms with Gasteiger partial charge in [0.15, 0.2) is 0 Å². The number of anilines is 1. The average molecular weight is 180 g/mol. The molecule has 0 aliphatic heterocycles. The molecule has 64 valence electrons. The van der Waals surface area contributed by atoms with E-state index in [4.69, 9.17) is 5.73 Å². The number of nitrogens with zero attached hydrogens (tertiary/aromatic N) is 1. The summed E-state index contributed by atoms with van der Waals surface area (Å²) in [4.78, 5) is 5.01. The van der Waals surface area contributed by atoms with Crippen LogP contribution < -0.4 is 5.73 Å². The standard InChI is InChI=1S/C9H12N2S/c1-7(2)6-12-9-5-11-4-3-8(9)10/h3-6H,1-2H3,(H2,10,11). The SMILES string of the molecule is CC(C)=CSc1cnccc1N. The number of rotatable bonds is 2. The molecule has 0 saturated carbocycles. The number of hydrogen-bond acceptors (Lipinski definition) is 3. The first-order valence-corrected chi connectivity index (χ1v) is 4.57. The summed E-state index contributed by atoms with van der Waals surface area (Å²) in [6.45, 7) is 4.11. The average Bonchev–Trinajstić information content (AvgIpc) is 2.03. The fourth-order valence-corrected chi connectivity index (χ4v) is 1.36. The Kier molecular flexibility index (Phi) is 3.17. The summed E-state index contributed by atoms with van der Waals surface area (Å²) in [5.74, 6) is 0. The van der Waals surface area contributed by atoms with Gasteiger partial charge in [0, 0.05) is 18.1 Å². The van der Waals surface area contributed by atoms with E-state index in [0.29, 0.717) is 0 Å². The fraction of sp³-hybridized carbons (Fsp3) is 0.222. The number of hydrogen-bond donors (Lipinski definition) is 1. The van der Waals surface area contributed by atoms with E-state index in [1.165, 1.54) is 5.57 Å². The Morgan fingerprint density at radius 2 is 2.33 bits per heavy atom. The third-order valence-corrected chi connectivity index (χ3v) is 2.42. The van der Waals surface area contributed by atoms with Crippen LogP contribution >= 0.6 is 11.8 Å². The van der Waals surface area contributed by atoms with E-state index in [9.17, 15) is 0 Å². The van der Waals surface area contributed by atoms with Crippen molar-refractivity contribution in [3.8, 4) is 0 Å². The zero-order chi connectivity index (χ0) is 8.97. The zero-order valence-electron chi connectivity index (χ0n) is 7.24. The van der Waals surface area contributed by atoms with Crippen molar-refractivity contribution in [3.63, 3.8) is 0 Å². The molecule has 1 heterocycles. The van der Waals surface area contributed by atoms with E-state index >= 15 is 0 Å². The highest BCUT2D eigenvalue weighted by atomic mass is 32.2. The van der Waals surface area contributed by atoms with E-state index in [1.807, 2.05) is 0 Å². The van der Waals surface area contributed by atoms with E-state index < -0.39 is 0 Å². The van der Waals surface area contributed by atoms with E-state index in [2.05, 4.69) is 24.2 Å². The Balaban J connectivity index is 2.76. The Morgan fingerprint density at radius 3 is 2.92 bits per heavy atom. The molecule has 0 aliphatic rings. The van der Waals surface area contributed by atoms with Gasteiger partial charge in [-0.2, -0.15) is 0 Å². The highest BCUT2D eigenvalue weighted by Gasteiger charge is 1.95. The van der Waals surface area contributed by atoms with Crippen molar-refractivity contribution in [1.82, 2.24) is 4.98 Å². The normalized spacial score (nSPS) is 9.50. The lowest BCUT2D eigenvalue weighted by Gasteiger charge is -1.99. The highest BCUT2D eigenvalue weighted by Crippen LogP contribution is 2.24. The van der Waals surface area contributed by atoms with Gasteiger partial charge in [0.2, 0.25) is 0 Å². The molecule has 12 heavy (non-hydrogen) atoms. The summed E-state index contributed by atoms with van der Waals surface area (Å²) in [6.07, 6.45) is 3.47. The molecule has 0 fully saturated rings. The van der Waals surface area contributed by atoms with Gasteiger partial charge >= 0.3 is 0 Å². The van der Waals surface area contributed by atoms with Gasteiger partial charge in [-0.25, -0.2) is 0 Å². The number of pyridine rings is 1. The minimum absolute atomic E-state index is 0.785. The van der Waals surface area contributed by atoms with Gasteiger partial charge in [-0.3, -0.25) is 4.98 Å². The molecule has 0 saturated heterocycles. The summed E-state index contributed by atoms with van der Waals surface area (Å²) in [6, 6.07) is 1.81. The lowest BCUT2D eigenvalue weighted by Crippen LogP contribution is -1.87. The molecule has 1 rings (SSSR count). The molecule has 0 spiro atoms. The highest BCUT2D eigenvalue weighted by molar-refractivity contribution is 8.02. The Bertz CT molecular complexity index is 290. The lowest BCUT2D eigenvalue weighted by molar-refractivity contribution is 1.25. The van der Waals surface area contributed by atoms with Crippen LogP contribution in [0.15, 0.2) is 34.3 Å². The number of nitrogen functional groups attached to an aromatic ring is 1. The van der Waals surface area contributed by atoms with Crippen molar-refractivity contribution in [2.45, 2.75) is 18.7 Å². The maximum absolute atomic E-state index is 5.72. The summed E-state index contributed by atoms with van der Waals surface area (Å²) in [7, 11) is 0. The van der Waals surface area contributed by atoms with Crippen LogP contribution in [-0.2, 0) is 0 Å². The van der Waals surface area contributed by atoms with Crippen LogP contribution in [0.4, 0.5) is 5.69 Å². The molecule has 0 aromatic carbocycles. The third kappa shape index (κ3) is 2.58. The van der Waals surface area contributed by atoms with Gasteiger partial charge in [0.25, 0.3) is 0 Å². The maximum Gasteiger partial charge on any atom is 0.0529 e. The summed E-state index contributed by atoms with van der Waals surface area (Å²) in [5, 5.41) is 2.06. The minimum Gasteiger partial charge on any atom is -0.398 e. The monoisotopic (exact) mass is 180 g/mol. The van der Waals surface area contributed by atoms with E-state index in [0.717, 1.165) is 10.6 Å². The molecule has 2 nitrogen and oxygen atoms in total. The molecular weight excluding hydrogens is 168 g/mol. The summed E-state index contributed by atoms with van der Waals surface area (Å²) in [5.41, 5.74) is 7.77. The second-order valence-electron chi connectivity index (χ2n) is 2.73. The predicted octanol–water partition coefficient (Wildman–Crippen LogP) is 2.68. The van der Waals surface area contributed by atoms with Gasteiger partial charge in [-0.15, -0.1) is 0 Å². The van der Waals surface area contributed by atoms with Crippen molar-refractivity contribution >= 4 is 17.4 Å². The van der Waals surface area contributed by atoms with Gasteiger partial charge in [0.1, 0.15) is 0 Å². The Hall–Kier alpha value is -0.960. The second-order valence-corrected chi connectivity index (χ2v) is 3.64. The first-order valence-electron chi connectivity index (χ1n) is 3.69. The zero-order valence-corrected chi connectivity index (χ0v) is 8.06. The van der Waals surface area contributed by atoms with Crippen molar-refractivity contribution < 1.29 is 0 Å². The number of thioether (sulfide) groups is 1. The van der Waals surface area contributed by atoms with Gasteiger partial charge in [0.05, 0.1) is 4.90 Å². The van der Waals surface area contributed by atoms with Crippen LogP contribution in [0.25, 0.3) is 0 Å². The summed E-state index contributed by atoms with van der Waals surface area (Å²) >= 11 is 1.61. The second kappa shape index (κ2) is 4.16. The topological polar surface area (TPSA) is 38.9 Å². The fourth-order valence-electron chi connectivity index (χ4n) is 0.671. The van der Waals surface area contributed by atoms with Crippen molar-refractivity contribution in [3.05, 3.63) is 29.4 Å². The largest absolute Gasteiger partial charge is 0.398 e. The van der Waals surface area contributed by atoms with Crippen LogP contribution in [-0.4, -0.2) is 4.98 Å². The Morgan fingerprint density at radius 1 is 1.58 bits per heavy atom. The predicted molar refractivity (Wildman–Crippen MR) is 53.9 cm³/mol. The number of allylic oxidation sites excluding steroid dienone is 1. The third-order valence-electron chi connectivity index (χ3n) is 1.24. The first kappa shape index (κ1) is 9.13. The molecule has 0 radical (unpaired) electrons. The molecule has 2 N–H and O–H groups in total. The van der Waals surface area contributed by atoms with Crippen LogP contribution in [0.3, 0.4) is 0 Å². The molecule has 0 amide bonds. The van der Waals surface area contributed by atoms with Gasteiger partial charge in [-0.1, -0.05) is 17.3 Å². The molecule has 0 aliphatic carbocycles. The molecule has 0 atom stereocenters. The van der Waals surface area contributed by atoms with Gasteiger partial charge < -0.3 is 5.73 Å². The van der Waals surface area contributed by atoms with Crippen LogP contribution in [0.2, 0.25) is 0 Å². The van der Waals surface area contributed by atoms with Crippen LogP contribution in [0, 0.1) is 0 Å². The molecule has 3 heteroatoms. The number of aromatic nitrogens is 1. The molecule has 0 bridgehead atoms. The molecule has 0 unspecified atom stereocenters. The minimum atomic E-state index is 0.785. The van der Waals surface area contributed by atoms with Crippen LogP contribution in [0.5, 0.6) is 0 Å². The van der Waals surface area contributed by atoms with Crippen molar-refractivity contribution in [1.29, 1.82) is 0 Å². The number of nitrogens with two attached hydrogens (primary N) is 1. The van der Waals surface area contributed by atoms with Crippen molar-refractivity contribution in [2.75, 3.05) is 5.73 Å². The molecule has 1 aromatic rings. The lowest BCUT2D eigenvalue weighted by atomic mass is 10.4. The Labute approximate surface area is 76.9 Å². The van der Waals surface area contributed by atoms with E-state index in [1.54, 1.807) is 30.2 Å². The van der Waals surface area contributed by atoms with E-state index in [-0.39, 0.29) is 0 Å². The molecular formula is C9H12N2S. The molecule has 1 aromatic heterocycles. The van der Waals surface area contributed by atoms with Gasteiger partial charge in [-0.05, 0) is 25.3 Å². The first-order chi connectivity index (χ1) is 5.70. The van der Waals surface area contributed by atoms with Crippen molar-refractivity contribution in [2.24, 2.45) is 0 Å². The summed E-state index contributed by atoms with van der Waals surface area (Å²) < 4.78 is 0. The van der Waals surface area contributed by atoms with Crippen LogP contribution in [0.1, 0.15) is 13.8 Å².